The zero-order chi connectivity index (χ0) is 22.7. The van der Waals surface area contributed by atoms with E-state index in [1.54, 1.807) is 37.6 Å². The summed E-state index contributed by atoms with van der Waals surface area (Å²) in [5.74, 6) is 0.806. The Morgan fingerprint density at radius 3 is 2.59 bits per heavy atom. The van der Waals surface area contributed by atoms with Crippen LogP contribution in [0.5, 0.6) is 5.75 Å². The number of rotatable bonds is 6. The van der Waals surface area contributed by atoms with Crippen LogP contribution in [-0.2, 0) is 9.53 Å². The molecule has 2 heterocycles. The molecule has 0 radical (unpaired) electrons. The minimum Gasteiger partial charge on any atom is -0.497 e. The third-order valence-corrected chi connectivity index (χ3v) is 4.99. The SMILES string of the molecule is COc1ccc(-c2nc3ccc(C(=O)OC(C)C(=O)Nc4ncccc4C)cc3[nH]2)cc1. The smallest absolute Gasteiger partial charge is 0.338 e. The highest BCUT2D eigenvalue weighted by molar-refractivity contribution is 5.98. The van der Waals surface area contributed by atoms with Gasteiger partial charge in [0.1, 0.15) is 17.4 Å². The molecule has 0 saturated carbocycles. The van der Waals surface area contributed by atoms with E-state index in [1.165, 1.54) is 6.92 Å². The number of nitrogens with one attached hydrogen (secondary N) is 2. The number of methoxy groups -OCH3 is 1. The lowest BCUT2D eigenvalue weighted by molar-refractivity contribution is -0.123. The van der Waals surface area contributed by atoms with Crippen molar-refractivity contribution in [1.29, 1.82) is 0 Å². The van der Waals surface area contributed by atoms with Crippen molar-refractivity contribution in [2.75, 3.05) is 12.4 Å². The van der Waals surface area contributed by atoms with Crippen LogP contribution in [0.2, 0.25) is 0 Å². The minimum atomic E-state index is -0.990. The zero-order valence-corrected chi connectivity index (χ0v) is 17.9. The van der Waals surface area contributed by atoms with E-state index < -0.39 is 18.0 Å². The maximum absolute atomic E-state index is 12.6. The van der Waals surface area contributed by atoms with Gasteiger partial charge in [-0.3, -0.25) is 4.79 Å². The highest BCUT2D eigenvalue weighted by Crippen LogP contribution is 2.24. The minimum absolute atomic E-state index is 0.316. The number of H-pyrrole nitrogens is 1. The lowest BCUT2D eigenvalue weighted by Crippen LogP contribution is -2.30. The summed E-state index contributed by atoms with van der Waals surface area (Å²) in [6.07, 6.45) is 0.593. The molecule has 4 rings (SSSR count). The maximum atomic E-state index is 12.6. The van der Waals surface area contributed by atoms with Crippen molar-refractivity contribution < 1.29 is 19.1 Å². The van der Waals surface area contributed by atoms with Crippen LogP contribution in [0, 0.1) is 6.92 Å². The summed E-state index contributed by atoms with van der Waals surface area (Å²) in [4.78, 5) is 36.9. The molecule has 8 heteroatoms. The lowest BCUT2D eigenvalue weighted by Gasteiger charge is -2.14. The topological polar surface area (TPSA) is 106 Å². The van der Waals surface area contributed by atoms with Crippen molar-refractivity contribution in [3.05, 3.63) is 71.9 Å². The largest absolute Gasteiger partial charge is 0.497 e. The van der Waals surface area contributed by atoms with E-state index in [0.717, 1.165) is 16.9 Å². The molecule has 8 nitrogen and oxygen atoms in total. The molecule has 4 aromatic rings. The highest BCUT2D eigenvalue weighted by atomic mass is 16.5. The van der Waals surface area contributed by atoms with Crippen molar-refractivity contribution >= 4 is 28.7 Å². The first kappa shape index (κ1) is 21.0. The molecular formula is C24H22N4O4. The van der Waals surface area contributed by atoms with Crippen molar-refractivity contribution in [3.8, 4) is 17.1 Å². The van der Waals surface area contributed by atoms with E-state index in [0.29, 0.717) is 28.2 Å². The number of hydrogen-bond acceptors (Lipinski definition) is 6. The summed E-state index contributed by atoms with van der Waals surface area (Å²) in [7, 11) is 1.61. The molecular weight excluding hydrogens is 408 g/mol. The lowest BCUT2D eigenvalue weighted by atomic mass is 10.2. The van der Waals surface area contributed by atoms with Gasteiger partial charge in [0.2, 0.25) is 0 Å². The van der Waals surface area contributed by atoms with Gasteiger partial charge in [-0.1, -0.05) is 6.07 Å². The van der Waals surface area contributed by atoms with Gasteiger partial charge >= 0.3 is 5.97 Å². The van der Waals surface area contributed by atoms with Crippen molar-refractivity contribution in [3.63, 3.8) is 0 Å². The van der Waals surface area contributed by atoms with E-state index in [9.17, 15) is 9.59 Å². The second-order valence-electron chi connectivity index (χ2n) is 7.25. The molecule has 0 bridgehead atoms. The average molecular weight is 430 g/mol. The van der Waals surface area contributed by atoms with Gasteiger partial charge < -0.3 is 19.8 Å². The van der Waals surface area contributed by atoms with E-state index >= 15 is 0 Å². The number of aromatic amines is 1. The summed E-state index contributed by atoms with van der Waals surface area (Å²) in [6.45, 7) is 3.35. The Labute approximate surface area is 184 Å². The number of imidazole rings is 1. The number of nitrogens with zero attached hydrogens (tertiary/aromatic N) is 2. The molecule has 0 aliphatic rings. The molecule has 162 valence electrons. The number of esters is 1. The van der Waals surface area contributed by atoms with Crippen LogP contribution in [0.1, 0.15) is 22.8 Å². The summed E-state index contributed by atoms with van der Waals surface area (Å²) in [5.41, 5.74) is 3.42. The van der Waals surface area contributed by atoms with Crippen LogP contribution in [0.15, 0.2) is 60.8 Å². The number of aromatic nitrogens is 3. The molecule has 2 N–H and O–H groups in total. The van der Waals surface area contributed by atoms with E-state index in [2.05, 4.69) is 20.3 Å². The molecule has 1 amide bonds. The molecule has 2 aromatic heterocycles. The van der Waals surface area contributed by atoms with Crippen LogP contribution in [0.4, 0.5) is 5.82 Å². The van der Waals surface area contributed by atoms with Crippen LogP contribution < -0.4 is 10.1 Å². The molecule has 0 aliphatic carbocycles. The van der Waals surface area contributed by atoms with E-state index in [4.69, 9.17) is 9.47 Å². The van der Waals surface area contributed by atoms with Gasteiger partial charge in [0.15, 0.2) is 6.10 Å². The number of anilines is 1. The first-order valence-corrected chi connectivity index (χ1v) is 10.0. The van der Waals surface area contributed by atoms with Crippen LogP contribution in [-0.4, -0.2) is 40.0 Å². The van der Waals surface area contributed by atoms with Crippen molar-refractivity contribution in [2.24, 2.45) is 0 Å². The third-order valence-electron chi connectivity index (χ3n) is 4.99. The first-order valence-electron chi connectivity index (χ1n) is 10.0. The molecule has 32 heavy (non-hydrogen) atoms. The molecule has 2 aromatic carbocycles. The number of amides is 1. The molecule has 1 unspecified atom stereocenters. The third kappa shape index (κ3) is 4.44. The number of benzene rings is 2. The molecule has 1 atom stereocenters. The Morgan fingerprint density at radius 1 is 1.09 bits per heavy atom. The Bertz CT molecular complexity index is 1280. The zero-order valence-electron chi connectivity index (χ0n) is 17.9. The first-order chi connectivity index (χ1) is 15.4. The van der Waals surface area contributed by atoms with Gasteiger partial charge in [0, 0.05) is 11.8 Å². The highest BCUT2D eigenvalue weighted by Gasteiger charge is 2.20. The Morgan fingerprint density at radius 2 is 1.88 bits per heavy atom. The normalized spacial score (nSPS) is 11.7. The van der Waals surface area contributed by atoms with Crippen LogP contribution in [0.25, 0.3) is 22.4 Å². The fourth-order valence-electron chi connectivity index (χ4n) is 3.14. The molecule has 0 saturated heterocycles. The number of carbonyl (C=O) groups is 2. The number of fused-ring (bicyclic) bond motifs is 1. The fourth-order valence-corrected chi connectivity index (χ4v) is 3.14. The van der Waals surface area contributed by atoms with Gasteiger partial charge in [-0.15, -0.1) is 0 Å². The number of pyridine rings is 1. The van der Waals surface area contributed by atoms with Crippen LogP contribution in [0.3, 0.4) is 0 Å². The standard InChI is InChI=1S/C24H22N4O4/c1-14-5-4-12-25-21(14)28-23(29)15(2)32-24(30)17-8-11-19-20(13-17)27-22(26-19)16-6-9-18(31-3)10-7-16/h4-13,15H,1-3H3,(H,26,27)(H,25,28,29). The summed E-state index contributed by atoms with van der Waals surface area (Å²) in [5, 5.41) is 2.67. The number of aryl methyl sites for hydroxylation is 1. The Kier molecular flexibility index (Phi) is 5.85. The summed E-state index contributed by atoms with van der Waals surface area (Å²) >= 11 is 0. The van der Waals surface area contributed by atoms with E-state index in [1.807, 2.05) is 37.3 Å². The fraction of sp³-hybridized carbons (Fsp3) is 0.167. The van der Waals surface area contributed by atoms with Gasteiger partial charge in [0.25, 0.3) is 5.91 Å². The number of carbonyl (C=O) groups excluding carboxylic acids is 2. The quantitative estimate of drug-likeness (QED) is 0.446. The second-order valence-corrected chi connectivity index (χ2v) is 7.25. The Hall–Kier alpha value is -4.20. The molecule has 0 spiro atoms. The predicted molar refractivity (Wildman–Crippen MR) is 121 cm³/mol. The molecule has 0 fully saturated rings. The average Bonchev–Trinajstić information content (AvgIpc) is 3.24. The van der Waals surface area contributed by atoms with Crippen molar-refractivity contribution in [1.82, 2.24) is 15.0 Å². The summed E-state index contributed by atoms with van der Waals surface area (Å²) < 4.78 is 10.5. The van der Waals surface area contributed by atoms with Crippen LogP contribution >= 0.6 is 0 Å². The summed E-state index contributed by atoms with van der Waals surface area (Å²) in [6, 6.07) is 16.1. The van der Waals surface area contributed by atoms with Gasteiger partial charge in [0.05, 0.1) is 23.7 Å². The second kappa shape index (κ2) is 8.89. The van der Waals surface area contributed by atoms with Gasteiger partial charge in [-0.2, -0.15) is 0 Å². The number of ether oxygens (including phenoxy) is 2. The predicted octanol–water partition coefficient (Wildman–Crippen LogP) is 4.13. The maximum Gasteiger partial charge on any atom is 0.338 e. The van der Waals surface area contributed by atoms with E-state index in [-0.39, 0.29) is 0 Å². The van der Waals surface area contributed by atoms with Gasteiger partial charge in [-0.05, 0) is 67.9 Å². The monoisotopic (exact) mass is 430 g/mol. The Balaban J connectivity index is 1.47. The number of hydrogen-bond donors (Lipinski definition) is 2. The van der Waals surface area contributed by atoms with Gasteiger partial charge in [-0.25, -0.2) is 14.8 Å². The molecule has 0 aliphatic heterocycles. The van der Waals surface area contributed by atoms with Crippen molar-refractivity contribution in [2.45, 2.75) is 20.0 Å².